The van der Waals surface area contributed by atoms with E-state index in [2.05, 4.69) is 48.4 Å². The number of aldehydes is 1. The minimum atomic E-state index is -1.12. The number of pyridine rings is 1. The number of aryl methyl sites for hydroxylation is 1. The summed E-state index contributed by atoms with van der Waals surface area (Å²) >= 11 is 6.27. The maximum Gasteiger partial charge on any atom is 0.329 e. The number of nitrogens with one attached hydrogen (secondary N) is 1. The van der Waals surface area contributed by atoms with Crippen molar-refractivity contribution in [1.29, 1.82) is 0 Å². The van der Waals surface area contributed by atoms with E-state index in [1.165, 1.54) is 16.7 Å². The Balaban J connectivity index is 1.29. The predicted octanol–water partition coefficient (Wildman–Crippen LogP) is 8.32. The zero-order chi connectivity index (χ0) is 33.1. The Hall–Kier alpha value is -3.42. The van der Waals surface area contributed by atoms with Crippen molar-refractivity contribution in [3.8, 4) is 5.75 Å². The summed E-state index contributed by atoms with van der Waals surface area (Å²) in [5.74, 6) is 0.670. The molecular weight excluding hydrogens is 612 g/mol. The number of benzene rings is 2. The van der Waals surface area contributed by atoms with E-state index >= 15 is 0 Å². The van der Waals surface area contributed by atoms with Gasteiger partial charge in [0.2, 0.25) is 0 Å². The number of hydrogen-bond donors (Lipinski definition) is 2. The number of ether oxygens (including phenoxy) is 2. The number of carbonyl (C=O) groups is 2. The summed E-state index contributed by atoms with van der Waals surface area (Å²) in [4.78, 5) is 28.9. The number of unbranched alkanes of at least 4 members (excludes halogenated alkanes) is 1. The van der Waals surface area contributed by atoms with Gasteiger partial charge in [-0.25, -0.2) is 4.79 Å². The van der Waals surface area contributed by atoms with Crippen LogP contribution in [-0.4, -0.2) is 46.7 Å². The lowest BCUT2D eigenvalue weighted by molar-refractivity contribution is -0.149. The van der Waals surface area contributed by atoms with E-state index in [9.17, 15) is 14.7 Å². The van der Waals surface area contributed by atoms with E-state index in [-0.39, 0.29) is 11.3 Å². The van der Waals surface area contributed by atoms with Crippen LogP contribution in [0.1, 0.15) is 99.9 Å². The Morgan fingerprint density at radius 1 is 1.15 bits per heavy atom. The van der Waals surface area contributed by atoms with Crippen molar-refractivity contribution in [2.24, 2.45) is 5.92 Å². The number of aromatic nitrogens is 1. The van der Waals surface area contributed by atoms with Crippen LogP contribution in [0.15, 0.2) is 60.8 Å². The Labute approximate surface area is 283 Å². The molecule has 0 bridgehead atoms. The first-order chi connectivity index (χ1) is 22.7. The van der Waals surface area contributed by atoms with Crippen molar-refractivity contribution in [3.05, 3.63) is 88.2 Å². The standard InChI is InChI=1S/C39H47ClN2O5/c1-27(26-46-34-15-20-41-33-14-7-9-28(2)35(33)34)24-39(47-22-6-5-21-43)25-29-10-3-4-13-32(29)37(39)16-18-38(19-17-37,36(44)45)42-31-12-8-11-30(40)23-31/h3-4,8,10-13,15,20-21,23,27-28,42H,5-7,9,14,16-19,22,24-26H2,1-2H3,(H,44,45)/t27-,28-,37?,38?,39?/m1/s1. The zero-order valence-electron chi connectivity index (χ0n) is 27.6. The quantitative estimate of drug-likeness (QED) is 0.141. The van der Waals surface area contributed by atoms with Crippen LogP contribution in [-0.2, 0) is 32.6 Å². The molecule has 8 heteroatoms. The Kier molecular flexibility index (Phi) is 9.95. The van der Waals surface area contributed by atoms with E-state index in [0.29, 0.717) is 68.4 Å². The molecule has 7 nitrogen and oxygen atoms in total. The Morgan fingerprint density at radius 3 is 2.72 bits per heavy atom. The molecule has 1 fully saturated rings. The van der Waals surface area contributed by atoms with Crippen molar-refractivity contribution in [3.63, 3.8) is 0 Å². The average molecular weight is 659 g/mol. The van der Waals surface area contributed by atoms with Gasteiger partial charge in [-0.15, -0.1) is 0 Å². The first-order valence-electron chi connectivity index (χ1n) is 17.2. The number of nitrogens with zero attached hydrogens (tertiary/aromatic N) is 1. The number of halogens is 1. The van der Waals surface area contributed by atoms with Crippen LogP contribution < -0.4 is 10.1 Å². The van der Waals surface area contributed by atoms with E-state index in [4.69, 9.17) is 21.1 Å². The SMILES string of the molecule is C[C@@H](COc1ccnc2c1[C@H](C)CCC2)CC1(OCCCC=O)Cc2ccccc2C12CCC(Nc1cccc(Cl)c1)(C(=O)O)CC2. The van der Waals surface area contributed by atoms with E-state index < -0.39 is 17.1 Å². The van der Waals surface area contributed by atoms with Crippen LogP contribution in [0.25, 0.3) is 0 Å². The van der Waals surface area contributed by atoms with Crippen molar-refractivity contribution >= 4 is 29.5 Å². The third-order valence-electron chi connectivity index (χ3n) is 11.1. The molecule has 2 N–H and O–H groups in total. The van der Waals surface area contributed by atoms with Gasteiger partial charge in [-0.05, 0) is 105 Å². The average Bonchev–Trinajstić information content (AvgIpc) is 3.31. The van der Waals surface area contributed by atoms with E-state index in [1.54, 1.807) is 12.1 Å². The second-order valence-electron chi connectivity index (χ2n) is 14.2. The molecule has 47 heavy (non-hydrogen) atoms. The molecule has 1 aromatic heterocycles. The summed E-state index contributed by atoms with van der Waals surface area (Å²) in [6.07, 6.45) is 10.9. The molecule has 0 amide bonds. The number of carboxylic acids is 1. The van der Waals surface area contributed by atoms with Crippen molar-refractivity contribution in [1.82, 2.24) is 4.98 Å². The lowest BCUT2D eigenvalue weighted by Gasteiger charge is -2.53. The molecule has 0 radical (unpaired) electrons. The fraction of sp³-hybridized carbons (Fsp3) is 0.513. The zero-order valence-corrected chi connectivity index (χ0v) is 28.4. The highest BCUT2D eigenvalue weighted by molar-refractivity contribution is 6.30. The van der Waals surface area contributed by atoms with Crippen LogP contribution in [0.4, 0.5) is 5.69 Å². The fourth-order valence-corrected chi connectivity index (χ4v) is 8.99. The van der Waals surface area contributed by atoms with Crippen molar-refractivity contribution in [2.45, 2.75) is 107 Å². The normalized spacial score (nSPS) is 27.1. The number of aliphatic carboxylic acids is 1. The number of carbonyl (C=O) groups excluding carboxylic acids is 1. The van der Waals surface area contributed by atoms with E-state index in [1.807, 2.05) is 24.4 Å². The molecular formula is C39H47ClN2O5. The third kappa shape index (κ3) is 6.54. The predicted molar refractivity (Wildman–Crippen MR) is 185 cm³/mol. The highest BCUT2D eigenvalue weighted by Gasteiger charge is 2.62. The summed E-state index contributed by atoms with van der Waals surface area (Å²) in [6.45, 7) is 5.52. The number of hydrogen-bond acceptors (Lipinski definition) is 6. The maximum atomic E-state index is 13.0. The van der Waals surface area contributed by atoms with Gasteiger partial charge in [-0.2, -0.15) is 0 Å². The monoisotopic (exact) mass is 658 g/mol. The molecule has 3 atom stereocenters. The number of anilines is 1. The van der Waals surface area contributed by atoms with Crippen molar-refractivity contribution in [2.75, 3.05) is 18.5 Å². The first kappa shape index (κ1) is 33.5. The minimum absolute atomic E-state index is 0.158. The summed E-state index contributed by atoms with van der Waals surface area (Å²) < 4.78 is 13.6. The molecule has 3 aliphatic carbocycles. The molecule has 1 unspecified atom stereocenters. The molecule has 6 rings (SSSR count). The molecule has 3 aliphatic rings. The van der Waals surface area contributed by atoms with Gasteiger partial charge in [-0.1, -0.05) is 55.8 Å². The molecule has 250 valence electrons. The molecule has 0 saturated heterocycles. The first-order valence-corrected chi connectivity index (χ1v) is 17.6. The van der Waals surface area contributed by atoms with Gasteiger partial charge in [0.05, 0.1) is 12.2 Å². The van der Waals surface area contributed by atoms with Gasteiger partial charge in [-0.3, -0.25) is 4.98 Å². The molecule has 3 aromatic rings. The Morgan fingerprint density at radius 2 is 1.96 bits per heavy atom. The van der Waals surface area contributed by atoms with E-state index in [0.717, 1.165) is 49.8 Å². The molecule has 1 heterocycles. The highest BCUT2D eigenvalue weighted by atomic mass is 35.5. The molecule has 1 spiro atoms. The number of carboxylic acid groups (broad SMARTS) is 1. The topological polar surface area (TPSA) is 97.8 Å². The van der Waals surface area contributed by atoms with Gasteiger partial charge in [0, 0.05) is 53.0 Å². The smallest absolute Gasteiger partial charge is 0.329 e. The lowest BCUT2D eigenvalue weighted by atomic mass is 9.57. The van der Waals surface area contributed by atoms with Gasteiger partial charge >= 0.3 is 5.97 Å². The van der Waals surface area contributed by atoms with Crippen LogP contribution >= 0.6 is 11.6 Å². The van der Waals surface area contributed by atoms with Gasteiger partial charge in [0.25, 0.3) is 0 Å². The summed E-state index contributed by atoms with van der Waals surface area (Å²) in [5.41, 5.74) is 3.58. The number of rotatable bonds is 13. The fourth-order valence-electron chi connectivity index (χ4n) is 8.80. The van der Waals surface area contributed by atoms with Gasteiger partial charge in [0.15, 0.2) is 0 Å². The largest absolute Gasteiger partial charge is 0.493 e. The summed E-state index contributed by atoms with van der Waals surface area (Å²) in [7, 11) is 0. The van der Waals surface area contributed by atoms with Gasteiger partial charge in [0.1, 0.15) is 17.6 Å². The maximum absolute atomic E-state index is 13.0. The van der Waals surface area contributed by atoms with Crippen LogP contribution in [0.2, 0.25) is 5.02 Å². The minimum Gasteiger partial charge on any atom is -0.493 e. The highest BCUT2D eigenvalue weighted by Crippen LogP contribution is 2.59. The summed E-state index contributed by atoms with van der Waals surface area (Å²) in [6, 6.07) is 17.9. The molecule has 0 aliphatic heterocycles. The molecule has 1 saturated carbocycles. The van der Waals surface area contributed by atoms with Crippen LogP contribution in [0.5, 0.6) is 5.75 Å². The van der Waals surface area contributed by atoms with Crippen LogP contribution in [0, 0.1) is 5.92 Å². The lowest BCUT2D eigenvalue weighted by Crippen LogP contribution is -2.59. The van der Waals surface area contributed by atoms with Crippen LogP contribution in [0.3, 0.4) is 0 Å². The third-order valence-corrected chi connectivity index (χ3v) is 11.3. The Bertz CT molecular complexity index is 1590. The van der Waals surface area contributed by atoms with Crippen molar-refractivity contribution < 1.29 is 24.2 Å². The molecule has 2 aromatic carbocycles. The summed E-state index contributed by atoms with van der Waals surface area (Å²) in [5, 5.41) is 14.6. The second kappa shape index (κ2) is 14.0. The second-order valence-corrected chi connectivity index (χ2v) is 14.6. The van der Waals surface area contributed by atoms with Gasteiger partial charge < -0.3 is 24.7 Å². The number of fused-ring (bicyclic) bond motifs is 3.